The van der Waals surface area contributed by atoms with Gasteiger partial charge in [0, 0.05) is 24.6 Å². The second-order valence-corrected chi connectivity index (χ2v) is 4.46. The number of H-pyrrole nitrogens is 1. The lowest BCUT2D eigenvalue weighted by Crippen LogP contribution is -2.29. The quantitative estimate of drug-likeness (QED) is 0.694. The lowest BCUT2D eigenvalue weighted by atomic mass is 10.1. The number of rotatable bonds is 4. The molecule has 96 valence electrons. The van der Waals surface area contributed by atoms with Crippen LogP contribution in [0, 0.1) is 6.92 Å². The maximum absolute atomic E-state index is 4.48. The van der Waals surface area contributed by atoms with Crippen LogP contribution in [-0.2, 0) is 6.42 Å². The average Bonchev–Trinajstić information content (AvgIpc) is 2.82. The molecule has 0 saturated heterocycles. The summed E-state index contributed by atoms with van der Waals surface area (Å²) < 4.78 is 1.80. The zero-order valence-corrected chi connectivity index (χ0v) is 10.8. The van der Waals surface area contributed by atoms with Crippen molar-refractivity contribution < 1.29 is 4.52 Å². The number of fused-ring (bicyclic) bond motifs is 1. The maximum Gasteiger partial charge on any atom is 0.325 e. The third kappa shape index (κ3) is 2.54. The number of anilines is 1. The van der Waals surface area contributed by atoms with Gasteiger partial charge < -0.3 is 5.32 Å². The summed E-state index contributed by atoms with van der Waals surface area (Å²) >= 11 is 0. The molecule has 19 heavy (non-hydrogen) atoms. The highest BCUT2D eigenvalue weighted by atomic mass is 15.4. The summed E-state index contributed by atoms with van der Waals surface area (Å²) in [6.07, 6.45) is 0.982. The molecule has 0 aliphatic carbocycles. The van der Waals surface area contributed by atoms with E-state index in [-0.39, 0.29) is 0 Å². The predicted molar refractivity (Wildman–Crippen MR) is 72.9 cm³/mol. The van der Waals surface area contributed by atoms with Crippen molar-refractivity contribution in [3.05, 3.63) is 53.9 Å². The molecule has 1 aromatic carbocycles. The van der Waals surface area contributed by atoms with Crippen LogP contribution in [0.15, 0.2) is 42.5 Å². The fourth-order valence-electron chi connectivity index (χ4n) is 2.01. The van der Waals surface area contributed by atoms with E-state index in [1.165, 1.54) is 5.56 Å². The van der Waals surface area contributed by atoms with E-state index < -0.39 is 0 Å². The lowest BCUT2D eigenvalue weighted by molar-refractivity contribution is -0.586. The van der Waals surface area contributed by atoms with Crippen LogP contribution in [-0.4, -0.2) is 21.8 Å². The molecule has 2 aromatic heterocycles. The maximum atomic E-state index is 4.48. The van der Waals surface area contributed by atoms with Gasteiger partial charge in [-0.05, 0) is 18.1 Å². The minimum atomic E-state index is 0.825. The number of aromatic amines is 1. The van der Waals surface area contributed by atoms with E-state index in [1.807, 2.05) is 25.1 Å². The summed E-state index contributed by atoms with van der Waals surface area (Å²) in [6.45, 7) is 2.81. The van der Waals surface area contributed by atoms with Crippen molar-refractivity contribution in [2.45, 2.75) is 13.3 Å². The molecule has 2 heterocycles. The Labute approximate surface area is 111 Å². The van der Waals surface area contributed by atoms with Crippen LogP contribution in [0.25, 0.3) is 5.65 Å². The Hall–Kier alpha value is -2.43. The minimum absolute atomic E-state index is 0.825. The van der Waals surface area contributed by atoms with Crippen molar-refractivity contribution in [3.8, 4) is 0 Å². The van der Waals surface area contributed by atoms with Crippen molar-refractivity contribution in [1.29, 1.82) is 0 Å². The highest BCUT2D eigenvalue weighted by Crippen LogP contribution is 2.03. The predicted octanol–water partition coefficient (Wildman–Crippen LogP) is 1.51. The van der Waals surface area contributed by atoms with E-state index in [0.717, 1.165) is 30.3 Å². The molecule has 5 heteroatoms. The van der Waals surface area contributed by atoms with Crippen LogP contribution in [0.5, 0.6) is 0 Å². The van der Waals surface area contributed by atoms with E-state index >= 15 is 0 Å². The van der Waals surface area contributed by atoms with Gasteiger partial charge in [0.05, 0.1) is 0 Å². The third-order valence-corrected chi connectivity index (χ3v) is 3.03. The first kappa shape index (κ1) is 11.6. The summed E-state index contributed by atoms with van der Waals surface area (Å²) in [7, 11) is 0. The van der Waals surface area contributed by atoms with E-state index in [9.17, 15) is 0 Å². The van der Waals surface area contributed by atoms with Gasteiger partial charge in [-0.3, -0.25) is 0 Å². The zero-order valence-electron chi connectivity index (χ0n) is 10.8. The highest BCUT2D eigenvalue weighted by molar-refractivity contribution is 5.38. The van der Waals surface area contributed by atoms with Crippen LogP contribution in [0.1, 0.15) is 11.4 Å². The summed E-state index contributed by atoms with van der Waals surface area (Å²) in [5, 5.41) is 14.8. The third-order valence-electron chi connectivity index (χ3n) is 3.03. The van der Waals surface area contributed by atoms with E-state index in [2.05, 4.69) is 44.9 Å². The number of aromatic nitrogens is 4. The molecule has 0 spiro atoms. The minimum Gasteiger partial charge on any atom is -0.367 e. The van der Waals surface area contributed by atoms with Gasteiger partial charge in [0.15, 0.2) is 5.82 Å². The number of nitrogens with one attached hydrogen (secondary N) is 2. The fraction of sp³-hybridized carbons (Fsp3) is 0.214. The molecule has 0 aliphatic rings. The Morgan fingerprint density at radius 3 is 2.84 bits per heavy atom. The van der Waals surface area contributed by atoms with E-state index in [0.29, 0.717) is 0 Å². The second-order valence-electron chi connectivity index (χ2n) is 4.46. The summed E-state index contributed by atoms with van der Waals surface area (Å²) in [5.41, 5.74) is 2.15. The van der Waals surface area contributed by atoms with Crippen molar-refractivity contribution >= 4 is 11.5 Å². The Morgan fingerprint density at radius 1 is 1.16 bits per heavy atom. The Kier molecular flexibility index (Phi) is 3.10. The molecule has 0 bridgehead atoms. The number of benzene rings is 1. The van der Waals surface area contributed by atoms with Gasteiger partial charge in [-0.25, -0.2) is 0 Å². The molecule has 0 fully saturated rings. The smallest absolute Gasteiger partial charge is 0.325 e. The monoisotopic (exact) mass is 254 g/mol. The molecule has 3 aromatic rings. The van der Waals surface area contributed by atoms with Gasteiger partial charge in [0.2, 0.25) is 0 Å². The molecule has 0 amide bonds. The molecule has 3 rings (SSSR count). The van der Waals surface area contributed by atoms with Gasteiger partial charge in [-0.2, -0.15) is 0 Å². The van der Waals surface area contributed by atoms with Crippen LogP contribution >= 0.6 is 0 Å². The molecule has 0 aliphatic heterocycles. The first-order valence-electron chi connectivity index (χ1n) is 6.35. The molecule has 0 radical (unpaired) electrons. The average molecular weight is 254 g/mol. The van der Waals surface area contributed by atoms with Gasteiger partial charge in [-0.15, -0.1) is 5.10 Å². The summed E-state index contributed by atoms with van der Waals surface area (Å²) in [4.78, 5) is 0. The van der Waals surface area contributed by atoms with Gasteiger partial charge >= 0.3 is 5.65 Å². The molecule has 0 atom stereocenters. The molecule has 2 N–H and O–H groups in total. The number of nitrogens with zero attached hydrogens (tertiary/aromatic N) is 3. The van der Waals surface area contributed by atoms with Crippen LogP contribution in [0.3, 0.4) is 0 Å². The summed E-state index contributed by atoms with van der Waals surface area (Å²) in [5.74, 6) is 1.78. The molecular weight excluding hydrogens is 238 g/mol. The van der Waals surface area contributed by atoms with Gasteiger partial charge in [0.25, 0.3) is 5.82 Å². The van der Waals surface area contributed by atoms with E-state index in [4.69, 9.17) is 0 Å². The lowest BCUT2D eigenvalue weighted by Gasteiger charge is -2.04. The molecule has 5 nitrogen and oxygen atoms in total. The zero-order chi connectivity index (χ0) is 13.1. The van der Waals surface area contributed by atoms with Crippen LogP contribution in [0.4, 0.5) is 5.82 Å². The van der Waals surface area contributed by atoms with Crippen molar-refractivity contribution in [2.24, 2.45) is 0 Å². The standard InChI is InChI=1S/C14H15N5/c1-11-16-17-14-8-7-13(18-19(11)14)15-10-9-12-5-3-2-4-6-12/h2-8H,9-10H2,1H3,(H,15,18)/p+1. The van der Waals surface area contributed by atoms with Crippen molar-refractivity contribution in [2.75, 3.05) is 11.9 Å². The fourth-order valence-corrected chi connectivity index (χ4v) is 2.01. The Morgan fingerprint density at radius 2 is 2.00 bits per heavy atom. The molecule has 0 saturated carbocycles. The highest BCUT2D eigenvalue weighted by Gasteiger charge is 2.10. The normalized spacial score (nSPS) is 10.8. The topological polar surface area (TPSA) is 57.7 Å². The summed E-state index contributed by atoms with van der Waals surface area (Å²) in [6, 6.07) is 14.3. The second kappa shape index (κ2) is 5.06. The Bertz CT molecular complexity index is 675. The van der Waals surface area contributed by atoms with Gasteiger partial charge in [-0.1, -0.05) is 39.9 Å². The van der Waals surface area contributed by atoms with Crippen LogP contribution in [0.2, 0.25) is 0 Å². The Balaban J connectivity index is 1.67. The van der Waals surface area contributed by atoms with Gasteiger partial charge in [0.1, 0.15) is 0 Å². The first-order chi connectivity index (χ1) is 9.33. The number of aryl methyl sites for hydroxylation is 1. The largest absolute Gasteiger partial charge is 0.367 e. The number of hydrogen-bond acceptors (Lipinski definition) is 3. The molecular formula is C14H16N5+. The van der Waals surface area contributed by atoms with E-state index in [1.54, 1.807) is 4.52 Å². The number of hydrogen-bond donors (Lipinski definition) is 2. The SMILES string of the molecule is Cc1[nH]nc2ccc(NCCc3ccccc3)n[n+]12. The van der Waals surface area contributed by atoms with Crippen molar-refractivity contribution in [1.82, 2.24) is 15.3 Å². The molecule has 0 unspecified atom stereocenters. The first-order valence-corrected chi connectivity index (χ1v) is 6.35. The van der Waals surface area contributed by atoms with Crippen LogP contribution < -0.4 is 9.83 Å². The van der Waals surface area contributed by atoms with Crippen molar-refractivity contribution in [3.63, 3.8) is 0 Å².